The lowest BCUT2D eigenvalue weighted by Crippen LogP contribution is -2.46. The molecule has 1 fully saturated rings. The summed E-state index contributed by atoms with van der Waals surface area (Å²) in [6, 6.07) is 17.9. The van der Waals surface area contributed by atoms with E-state index in [-0.39, 0.29) is 18.3 Å². The van der Waals surface area contributed by atoms with E-state index in [2.05, 4.69) is 32.2 Å². The molecule has 0 radical (unpaired) electrons. The number of halogens is 2. The van der Waals surface area contributed by atoms with Gasteiger partial charge in [-0.3, -0.25) is 14.7 Å². The molecular weight excluding hydrogens is 431 g/mol. The first-order valence-electron chi connectivity index (χ1n) is 10.5. The fourth-order valence-electron chi connectivity index (χ4n) is 3.87. The number of piperazine rings is 1. The topological polar surface area (TPSA) is 48.5 Å². The Morgan fingerprint density at radius 1 is 1.00 bits per heavy atom. The summed E-state index contributed by atoms with van der Waals surface area (Å²) in [7, 11) is 0. The molecule has 164 valence electrons. The molecule has 1 amide bonds. The Kier molecular flexibility index (Phi) is 8.52. The number of benzene rings is 2. The number of nitrogens with zero attached hydrogens (tertiary/aromatic N) is 3. The standard InChI is InChI=1S/C24H27ClN4O.ClH/c25-20-8-10-22(11-9-20)29-15-13-28(14-16-29)12-4-3-7-24(30)27-21-17-19-5-1-2-6-23(19)26-18-21;/h1-2,5-6,8-11,17-18H,3-4,7,12-16H2,(H,27,30);1H. The maximum atomic E-state index is 12.3. The number of fused-ring (bicyclic) bond motifs is 1. The first-order chi connectivity index (χ1) is 14.7. The van der Waals surface area contributed by atoms with Gasteiger partial charge in [-0.2, -0.15) is 0 Å². The van der Waals surface area contributed by atoms with Gasteiger partial charge in [0.05, 0.1) is 17.4 Å². The van der Waals surface area contributed by atoms with Crippen LogP contribution in [0.25, 0.3) is 10.9 Å². The quantitative estimate of drug-likeness (QED) is 0.491. The molecule has 1 aliphatic heterocycles. The van der Waals surface area contributed by atoms with Crippen LogP contribution in [0.3, 0.4) is 0 Å². The average molecular weight is 459 g/mol. The fraction of sp³-hybridized carbons (Fsp3) is 0.333. The lowest BCUT2D eigenvalue weighted by atomic mass is 10.2. The summed E-state index contributed by atoms with van der Waals surface area (Å²) in [5.41, 5.74) is 2.93. The Hall–Kier alpha value is -2.34. The molecule has 4 rings (SSSR count). The highest BCUT2D eigenvalue weighted by Gasteiger charge is 2.16. The second-order valence-electron chi connectivity index (χ2n) is 7.73. The van der Waals surface area contributed by atoms with Gasteiger partial charge >= 0.3 is 0 Å². The third-order valence-corrected chi connectivity index (χ3v) is 5.82. The number of amides is 1. The molecule has 1 aliphatic rings. The summed E-state index contributed by atoms with van der Waals surface area (Å²) in [5, 5.41) is 4.78. The number of nitrogens with one attached hydrogen (secondary N) is 1. The predicted molar refractivity (Wildman–Crippen MR) is 132 cm³/mol. The molecule has 0 saturated carbocycles. The third kappa shape index (κ3) is 6.57. The van der Waals surface area contributed by atoms with E-state index in [0.717, 1.165) is 67.2 Å². The van der Waals surface area contributed by atoms with E-state index < -0.39 is 0 Å². The number of anilines is 2. The molecule has 0 unspecified atom stereocenters. The first-order valence-corrected chi connectivity index (χ1v) is 10.9. The zero-order chi connectivity index (χ0) is 20.8. The number of hydrogen-bond acceptors (Lipinski definition) is 4. The third-order valence-electron chi connectivity index (χ3n) is 5.57. The van der Waals surface area contributed by atoms with Gasteiger partial charge < -0.3 is 10.2 Å². The monoisotopic (exact) mass is 458 g/mol. The van der Waals surface area contributed by atoms with Crippen LogP contribution in [-0.4, -0.2) is 48.5 Å². The van der Waals surface area contributed by atoms with Gasteiger partial charge in [0.1, 0.15) is 0 Å². The molecule has 1 N–H and O–H groups in total. The van der Waals surface area contributed by atoms with E-state index in [9.17, 15) is 4.79 Å². The van der Waals surface area contributed by atoms with E-state index in [1.165, 1.54) is 5.69 Å². The van der Waals surface area contributed by atoms with Crippen LogP contribution < -0.4 is 10.2 Å². The SMILES string of the molecule is Cl.O=C(CCCCN1CCN(c2ccc(Cl)cc2)CC1)Nc1cnc2ccccc2c1. The van der Waals surface area contributed by atoms with E-state index in [0.29, 0.717) is 6.42 Å². The maximum absolute atomic E-state index is 12.3. The van der Waals surface area contributed by atoms with Gasteiger partial charge in [0.2, 0.25) is 5.91 Å². The van der Waals surface area contributed by atoms with Crippen molar-refractivity contribution in [2.24, 2.45) is 0 Å². The number of para-hydroxylation sites is 1. The van der Waals surface area contributed by atoms with E-state index in [1.54, 1.807) is 6.20 Å². The van der Waals surface area contributed by atoms with Crippen molar-refractivity contribution in [3.63, 3.8) is 0 Å². The van der Waals surface area contributed by atoms with Crippen molar-refractivity contribution in [2.75, 3.05) is 42.9 Å². The van der Waals surface area contributed by atoms with Crippen molar-refractivity contribution in [2.45, 2.75) is 19.3 Å². The van der Waals surface area contributed by atoms with Crippen LogP contribution in [0.5, 0.6) is 0 Å². The lowest BCUT2D eigenvalue weighted by molar-refractivity contribution is -0.116. The number of hydrogen-bond donors (Lipinski definition) is 1. The van der Waals surface area contributed by atoms with Crippen LogP contribution in [0.1, 0.15) is 19.3 Å². The van der Waals surface area contributed by atoms with Gasteiger partial charge in [0.25, 0.3) is 0 Å². The molecular formula is C24H28Cl2N4O. The number of carbonyl (C=O) groups excluding carboxylic acids is 1. The molecule has 0 atom stereocenters. The first kappa shape index (κ1) is 23.3. The molecule has 5 nitrogen and oxygen atoms in total. The highest BCUT2D eigenvalue weighted by molar-refractivity contribution is 6.30. The van der Waals surface area contributed by atoms with Crippen molar-refractivity contribution in [1.29, 1.82) is 0 Å². The van der Waals surface area contributed by atoms with E-state index >= 15 is 0 Å². The number of rotatable bonds is 7. The minimum atomic E-state index is 0. The van der Waals surface area contributed by atoms with Gasteiger partial charge in [0.15, 0.2) is 0 Å². The number of unbranched alkanes of at least 4 members (excludes halogenated alkanes) is 1. The zero-order valence-corrected chi connectivity index (χ0v) is 19.0. The smallest absolute Gasteiger partial charge is 0.224 e. The van der Waals surface area contributed by atoms with Gasteiger partial charge in [-0.1, -0.05) is 29.8 Å². The summed E-state index contributed by atoms with van der Waals surface area (Å²) in [4.78, 5) is 21.5. The molecule has 0 bridgehead atoms. The predicted octanol–water partition coefficient (Wildman–Crippen LogP) is 5.24. The minimum Gasteiger partial charge on any atom is -0.369 e. The van der Waals surface area contributed by atoms with Crippen molar-refractivity contribution in [1.82, 2.24) is 9.88 Å². The highest BCUT2D eigenvalue weighted by Crippen LogP contribution is 2.20. The van der Waals surface area contributed by atoms with Crippen LogP contribution >= 0.6 is 24.0 Å². The van der Waals surface area contributed by atoms with Crippen LogP contribution in [0.4, 0.5) is 11.4 Å². The van der Waals surface area contributed by atoms with Crippen LogP contribution in [0.15, 0.2) is 60.8 Å². The maximum Gasteiger partial charge on any atom is 0.224 e. The lowest BCUT2D eigenvalue weighted by Gasteiger charge is -2.36. The molecule has 1 aromatic heterocycles. The normalized spacial score (nSPS) is 14.3. The Balaban J connectivity index is 0.00000272. The minimum absolute atomic E-state index is 0. The zero-order valence-electron chi connectivity index (χ0n) is 17.5. The largest absolute Gasteiger partial charge is 0.369 e. The molecule has 3 aromatic rings. The Bertz CT molecular complexity index is 988. The molecule has 0 aliphatic carbocycles. The van der Waals surface area contributed by atoms with Gasteiger partial charge in [0, 0.05) is 48.7 Å². The Labute approximate surface area is 194 Å². The summed E-state index contributed by atoms with van der Waals surface area (Å²) in [6.45, 7) is 5.20. The van der Waals surface area contributed by atoms with Gasteiger partial charge in [-0.05, 0) is 55.8 Å². The number of aromatic nitrogens is 1. The summed E-state index contributed by atoms with van der Waals surface area (Å²) in [5.74, 6) is 0.0552. The summed E-state index contributed by atoms with van der Waals surface area (Å²) in [6.07, 6.45) is 4.19. The molecule has 0 spiro atoms. The van der Waals surface area contributed by atoms with Crippen molar-refractivity contribution < 1.29 is 4.79 Å². The molecule has 1 saturated heterocycles. The fourth-order valence-corrected chi connectivity index (χ4v) is 3.99. The van der Waals surface area contributed by atoms with Crippen molar-refractivity contribution >= 4 is 52.2 Å². The van der Waals surface area contributed by atoms with Crippen molar-refractivity contribution in [3.8, 4) is 0 Å². The highest BCUT2D eigenvalue weighted by atomic mass is 35.5. The van der Waals surface area contributed by atoms with Gasteiger partial charge in [-0.25, -0.2) is 0 Å². The van der Waals surface area contributed by atoms with E-state index in [1.807, 2.05) is 42.5 Å². The average Bonchev–Trinajstić information content (AvgIpc) is 2.78. The number of pyridine rings is 1. The molecule has 31 heavy (non-hydrogen) atoms. The molecule has 2 aromatic carbocycles. The summed E-state index contributed by atoms with van der Waals surface area (Å²) < 4.78 is 0. The second kappa shape index (κ2) is 11.3. The Morgan fingerprint density at radius 2 is 1.74 bits per heavy atom. The molecule has 7 heteroatoms. The Morgan fingerprint density at radius 3 is 2.52 bits per heavy atom. The van der Waals surface area contributed by atoms with Gasteiger partial charge in [-0.15, -0.1) is 12.4 Å². The summed E-state index contributed by atoms with van der Waals surface area (Å²) >= 11 is 5.98. The second-order valence-corrected chi connectivity index (χ2v) is 8.16. The number of carbonyl (C=O) groups is 1. The van der Waals surface area contributed by atoms with Crippen LogP contribution in [-0.2, 0) is 4.79 Å². The van der Waals surface area contributed by atoms with Crippen molar-refractivity contribution in [3.05, 3.63) is 65.8 Å². The van der Waals surface area contributed by atoms with Crippen LogP contribution in [0, 0.1) is 0 Å². The van der Waals surface area contributed by atoms with Crippen LogP contribution in [0.2, 0.25) is 5.02 Å². The molecule has 2 heterocycles. The van der Waals surface area contributed by atoms with E-state index in [4.69, 9.17) is 11.6 Å².